The predicted molar refractivity (Wildman–Crippen MR) is 87.8 cm³/mol. The summed E-state index contributed by atoms with van der Waals surface area (Å²) < 4.78 is 12.3. The van der Waals surface area contributed by atoms with Crippen LogP contribution in [-0.4, -0.2) is 35.1 Å². The van der Waals surface area contributed by atoms with Crippen LogP contribution in [0.4, 0.5) is 0 Å². The fourth-order valence-electron chi connectivity index (χ4n) is 4.70. The molecule has 3 nitrogen and oxygen atoms in total. The molecule has 0 aromatic carbocycles. The highest BCUT2D eigenvalue weighted by Gasteiger charge is 2.63. The molecule has 2 saturated carbocycles. The van der Waals surface area contributed by atoms with E-state index in [0.717, 1.165) is 58.0 Å². The maximum Gasteiger partial charge on any atom is 0.0976 e. The molecule has 3 aliphatic rings. The highest BCUT2D eigenvalue weighted by Crippen LogP contribution is 2.56. The summed E-state index contributed by atoms with van der Waals surface area (Å²) >= 11 is 0. The third-order valence-corrected chi connectivity index (χ3v) is 6.74. The Labute approximate surface area is 135 Å². The van der Waals surface area contributed by atoms with Gasteiger partial charge in [0.25, 0.3) is 0 Å². The van der Waals surface area contributed by atoms with E-state index in [1.165, 1.54) is 0 Å². The lowest BCUT2D eigenvalue weighted by atomic mass is 9.71. The Kier molecular flexibility index (Phi) is 4.37. The Balaban J connectivity index is 1.43. The van der Waals surface area contributed by atoms with E-state index in [-0.39, 0.29) is 22.7 Å². The summed E-state index contributed by atoms with van der Waals surface area (Å²) in [5.74, 6) is 0.691. The summed E-state index contributed by atoms with van der Waals surface area (Å²) in [5, 5.41) is 9.68. The van der Waals surface area contributed by atoms with Crippen molar-refractivity contribution in [1.82, 2.24) is 0 Å². The first-order valence-electron chi connectivity index (χ1n) is 9.24. The number of epoxide rings is 1. The summed E-state index contributed by atoms with van der Waals surface area (Å²) in [6.07, 6.45) is 9.16. The van der Waals surface area contributed by atoms with Crippen LogP contribution >= 0.6 is 0 Å². The van der Waals surface area contributed by atoms with Crippen LogP contribution in [0.15, 0.2) is 0 Å². The molecule has 1 saturated heterocycles. The summed E-state index contributed by atoms with van der Waals surface area (Å²) in [5.41, 5.74) is 0.493. The molecule has 1 heterocycles. The molecule has 3 fully saturated rings. The first-order valence-corrected chi connectivity index (χ1v) is 9.24. The minimum absolute atomic E-state index is 0.0654. The van der Waals surface area contributed by atoms with Crippen LogP contribution in [0.25, 0.3) is 0 Å². The summed E-state index contributed by atoms with van der Waals surface area (Å²) in [6.45, 7) is 9.97. The molecule has 3 rings (SSSR count). The van der Waals surface area contributed by atoms with E-state index in [4.69, 9.17) is 9.47 Å². The Morgan fingerprint density at radius 3 is 2.09 bits per heavy atom. The number of aliphatic hydroxyl groups is 1. The van der Waals surface area contributed by atoms with Gasteiger partial charge in [-0.15, -0.1) is 0 Å². The molecule has 22 heavy (non-hydrogen) atoms. The van der Waals surface area contributed by atoms with Gasteiger partial charge in [0.2, 0.25) is 0 Å². The van der Waals surface area contributed by atoms with Crippen molar-refractivity contribution in [2.45, 2.75) is 102 Å². The summed E-state index contributed by atoms with van der Waals surface area (Å²) in [6, 6.07) is 0. The van der Waals surface area contributed by atoms with E-state index in [0.29, 0.717) is 12.0 Å². The van der Waals surface area contributed by atoms with Crippen molar-refractivity contribution < 1.29 is 14.6 Å². The number of rotatable bonds is 4. The maximum absolute atomic E-state index is 9.68. The van der Waals surface area contributed by atoms with Crippen molar-refractivity contribution in [3.8, 4) is 0 Å². The largest absolute Gasteiger partial charge is 0.393 e. The van der Waals surface area contributed by atoms with Gasteiger partial charge >= 0.3 is 0 Å². The second-order valence-electron chi connectivity index (χ2n) is 9.11. The monoisotopic (exact) mass is 310 g/mol. The quantitative estimate of drug-likeness (QED) is 0.796. The van der Waals surface area contributed by atoms with Gasteiger partial charge in [0, 0.05) is 0 Å². The minimum atomic E-state index is -0.0654. The van der Waals surface area contributed by atoms with Crippen LogP contribution < -0.4 is 0 Å². The van der Waals surface area contributed by atoms with Gasteiger partial charge in [-0.05, 0) is 76.5 Å². The molecule has 1 aliphatic heterocycles. The SMILES string of the molecule is CC(C)(COC1CCC2(CC1)OC2(C)C)C1CCC(O)CC1. The molecule has 1 N–H and O–H groups in total. The second kappa shape index (κ2) is 5.75. The topological polar surface area (TPSA) is 42.0 Å². The average molecular weight is 310 g/mol. The molecular weight excluding hydrogens is 276 g/mol. The van der Waals surface area contributed by atoms with Gasteiger partial charge in [0.15, 0.2) is 0 Å². The molecule has 0 radical (unpaired) electrons. The normalized spacial score (nSPS) is 41.6. The molecule has 3 heteroatoms. The van der Waals surface area contributed by atoms with Crippen LogP contribution in [0.3, 0.4) is 0 Å². The van der Waals surface area contributed by atoms with E-state index in [1.54, 1.807) is 0 Å². The fourth-order valence-corrected chi connectivity index (χ4v) is 4.70. The number of ether oxygens (including phenoxy) is 2. The van der Waals surface area contributed by atoms with Crippen molar-refractivity contribution in [3.05, 3.63) is 0 Å². The molecule has 0 amide bonds. The van der Waals surface area contributed by atoms with Gasteiger partial charge in [0.1, 0.15) is 0 Å². The van der Waals surface area contributed by atoms with Crippen LogP contribution in [0.1, 0.15) is 79.1 Å². The maximum atomic E-state index is 9.68. The second-order valence-corrected chi connectivity index (χ2v) is 9.11. The molecule has 128 valence electrons. The highest BCUT2D eigenvalue weighted by molar-refractivity contribution is 5.12. The average Bonchev–Trinajstić information content (AvgIpc) is 2.99. The predicted octanol–water partition coefficient (Wildman–Crippen LogP) is 4.07. The van der Waals surface area contributed by atoms with Gasteiger partial charge in [-0.1, -0.05) is 13.8 Å². The Hall–Kier alpha value is -0.120. The van der Waals surface area contributed by atoms with E-state index in [2.05, 4.69) is 27.7 Å². The smallest absolute Gasteiger partial charge is 0.0976 e. The number of hydrogen-bond acceptors (Lipinski definition) is 3. The van der Waals surface area contributed by atoms with Gasteiger partial charge < -0.3 is 14.6 Å². The first-order chi connectivity index (χ1) is 10.2. The molecule has 1 spiro atoms. The van der Waals surface area contributed by atoms with Crippen molar-refractivity contribution in [2.24, 2.45) is 11.3 Å². The zero-order valence-corrected chi connectivity index (χ0v) is 14.9. The molecule has 0 aromatic rings. The van der Waals surface area contributed by atoms with Crippen molar-refractivity contribution in [3.63, 3.8) is 0 Å². The van der Waals surface area contributed by atoms with Crippen LogP contribution in [0.5, 0.6) is 0 Å². The van der Waals surface area contributed by atoms with E-state index >= 15 is 0 Å². The van der Waals surface area contributed by atoms with Crippen LogP contribution in [0, 0.1) is 11.3 Å². The number of hydrogen-bond donors (Lipinski definition) is 1. The lowest BCUT2D eigenvalue weighted by molar-refractivity contribution is -0.0526. The first kappa shape index (κ1) is 16.7. The zero-order chi connectivity index (χ0) is 16.0. The Bertz CT molecular complexity index is 385. The summed E-state index contributed by atoms with van der Waals surface area (Å²) in [4.78, 5) is 0. The lowest BCUT2D eigenvalue weighted by Gasteiger charge is -2.39. The minimum Gasteiger partial charge on any atom is -0.393 e. The highest BCUT2D eigenvalue weighted by atomic mass is 16.6. The zero-order valence-electron chi connectivity index (χ0n) is 14.9. The third kappa shape index (κ3) is 3.22. The Morgan fingerprint density at radius 2 is 1.59 bits per heavy atom. The molecule has 0 atom stereocenters. The van der Waals surface area contributed by atoms with Gasteiger partial charge in [-0.3, -0.25) is 0 Å². The van der Waals surface area contributed by atoms with Crippen LogP contribution in [-0.2, 0) is 9.47 Å². The van der Waals surface area contributed by atoms with Crippen molar-refractivity contribution in [1.29, 1.82) is 0 Å². The Morgan fingerprint density at radius 1 is 1.05 bits per heavy atom. The van der Waals surface area contributed by atoms with Gasteiger partial charge in [0.05, 0.1) is 30.0 Å². The van der Waals surface area contributed by atoms with E-state index in [9.17, 15) is 5.11 Å². The number of aliphatic hydroxyl groups excluding tert-OH is 1. The standard InChI is InChI=1S/C19H34O3/c1-17(2,14-5-7-15(20)8-6-14)13-21-16-9-11-19(12-10-16)18(3,4)22-19/h14-16,20H,5-13H2,1-4H3. The molecule has 0 unspecified atom stereocenters. The lowest BCUT2D eigenvalue weighted by Crippen LogP contribution is -2.37. The molecule has 0 bridgehead atoms. The van der Waals surface area contributed by atoms with E-state index < -0.39 is 0 Å². The third-order valence-electron chi connectivity index (χ3n) is 6.74. The fraction of sp³-hybridized carbons (Fsp3) is 1.00. The molecular formula is C19H34O3. The van der Waals surface area contributed by atoms with Crippen molar-refractivity contribution in [2.75, 3.05) is 6.61 Å². The summed E-state index contributed by atoms with van der Waals surface area (Å²) in [7, 11) is 0. The van der Waals surface area contributed by atoms with Gasteiger partial charge in [-0.2, -0.15) is 0 Å². The molecule has 2 aliphatic carbocycles. The van der Waals surface area contributed by atoms with Gasteiger partial charge in [-0.25, -0.2) is 0 Å². The van der Waals surface area contributed by atoms with Crippen molar-refractivity contribution >= 4 is 0 Å². The van der Waals surface area contributed by atoms with Crippen LogP contribution in [0.2, 0.25) is 0 Å². The van der Waals surface area contributed by atoms with E-state index in [1.807, 2.05) is 0 Å². The molecule has 0 aromatic heterocycles.